The molecule has 66 valence electrons. The number of nitrogens with zero attached hydrogens (tertiary/aromatic N) is 1. The van der Waals surface area contributed by atoms with E-state index in [4.69, 9.17) is 5.11 Å². The monoisotopic (exact) mass is 157 g/mol. The van der Waals surface area contributed by atoms with E-state index in [1.54, 1.807) is 0 Å². The smallest absolute Gasteiger partial charge is 0.0586 e. The molecule has 11 heavy (non-hydrogen) atoms. The van der Waals surface area contributed by atoms with Gasteiger partial charge in [-0.3, -0.25) is 0 Å². The van der Waals surface area contributed by atoms with Crippen LogP contribution in [0.15, 0.2) is 0 Å². The molecule has 1 N–H and O–H groups in total. The molecule has 1 aliphatic heterocycles. The molecule has 0 aromatic heterocycles. The standard InChI is InChI=1S/C9H19NO/c1-9(2)4-5-10(3)8(6-9)7-11/h8,11H,4-7H2,1-3H3. The van der Waals surface area contributed by atoms with E-state index in [1.165, 1.54) is 6.42 Å². The van der Waals surface area contributed by atoms with Crippen LogP contribution < -0.4 is 0 Å². The van der Waals surface area contributed by atoms with Crippen molar-refractivity contribution in [2.24, 2.45) is 5.41 Å². The Kier molecular flexibility index (Phi) is 2.55. The van der Waals surface area contributed by atoms with Crippen LogP contribution >= 0.6 is 0 Å². The summed E-state index contributed by atoms with van der Waals surface area (Å²) in [5.74, 6) is 0. The number of aliphatic hydroxyl groups is 1. The summed E-state index contributed by atoms with van der Waals surface area (Å²) in [6.07, 6.45) is 2.38. The van der Waals surface area contributed by atoms with Crippen LogP contribution in [0.25, 0.3) is 0 Å². The first-order chi connectivity index (χ1) is 5.05. The third-order valence-electron chi connectivity index (χ3n) is 2.76. The minimum atomic E-state index is 0.305. The lowest BCUT2D eigenvalue weighted by Crippen LogP contribution is -2.44. The summed E-state index contributed by atoms with van der Waals surface area (Å²) in [5.41, 5.74) is 0.430. The summed E-state index contributed by atoms with van der Waals surface area (Å²) in [7, 11) is 2.09. The zero-order chi connectivity index (χ0) is 8.48. The molecule has 1 unspecified atom stereocenters. The van der Waals surface area contributed by atoms with Gasteiger partial charge in [0.1, 0.15) is 0 Å². The fourth-order valence-corrected chi connectivity index (χ4v) is 1.76. The normalized spacial score (nSPS) is 32.2. The molecule has 0 aromatic rings. The Morgan fingerprint density at radius 1 is 1.55 bits per heavy atom. The number of hydrogen-bond acceptors (Lipinski definition) is 2. The molecule has 0 aromatic carbocycles. The van der Waals surface area contributed by atoms with Gasteiger partial charge in [-0.05, 0) is 31.8 Å². The number of hydrogen-bond donors (Lipinski definition) is 1. The van der Waals surface area contributed by atoms with Crippen molar-refractivity contribution in [3.8, 4) is 0 Å². The molecule has 0 saturated carbocycles. The highest BCUT2D eigenvalue weighted by molar-refractivity contribution is 4.84. The lowest BCUT2D eigenvalue weighted by molar-refractivity contribution is 0.0532. The largest absolute Gasteiger partial charge is 0.395 e. The van der Waals surface area contributed by atoms with Crippen LogP contribution in [-0.4, -0.2) is 36.2 Å². The van der Waals surface area contributed by atoms with E-state index >= 15 is 0 Å². The number of piperidine rings is 1. The topological polar surface area (TPSA) is 23.5 Å². The van der Waals surface area contributed by atoms with E-state index in [9.17, 15) is 0 Å². The van der Waals surface area contributed by atoms with Crippen molar-refractivity contribution < 1.29 is 5.11 Å². The number of rotatable bonds is 1. The van der Waals surface area contributed by atoms with Crippen molar-refractivity contribution in [1.82, 2.24) is 4.90 Å². The fourth-order valence-electron chi connectivity index (χ4n) is 1.76. The average molecular weight is 157 g/mol. The van der Waals surface area contributed by atoms with Crippen LogP contribution in [0, 0.1) is 5.41 Å². The molecule has 1 rings (SSSR count). The van der Waals surface area contributed by atoms with Crippen molar-refractivity contribution in [3.05, 3.63) is 0 Å². The third-order valence-corrected chi connectivity index (χ3v) is 2.76. The molecule has 1 heterocycles. The summed E-state index contributed by atoms with van der Waals surface area (Å²) < 4.78 is 0. The minimum Gasteiger partial charge on any atom is -0.395 e. The first-order valence-electron chi connectivity index (χ1n) is 4.36. The van der Waals surface area contributed by atoms with E-state index < -0.39 is 0 Å². The quantitative estimate of drug-likeness (QED) is 0.616. The van der Waals surface area contributed by atoms with E-state index in [0.29, 0.717) is 18.1 Å². The second-order valence-electron chi connectivity index (χ2n) is 4.44. The van der Waals surface area contributed by atoms with Crippen LogP contribution in [0.3, 0.4) is 0 Å². The van der Waals surface area contributed by atoms with Gasteiger partial charge in [-0.1, -0.05) is 13.8 Å². The Hall–Kier alpha value is -0.0800. The second-order valence-corrected chi connectivity index (χ2v) is 4.44. The van der Waals surface area contributed by atoms with Gasteiger partial charge in [0.05, 0.1) is 6.61 Å². The first-order valence-corrected chi connectivity index (χ1v) is 4.36. The molecular weight excluding hydrogens is 138 g/mol. The summed E-state index contributed by atoms with van der Waals surface area (Å²) in [6.45, 7) is 5.99. The Bertz CT molecular complexity index is 134. The second kappa shape index (κ2) is 3.11. The van der Waals surface area contributed by atoms with E-state index in [-0.39, 0.29) is 0 Å². The molecule has 0 radical (unpaired) electrons. The molecule has 2 heteroatoms. The molecule has 2 nitrogen and oxygen atoms in total. The van der Waals surface area contributed by atoms with Crippen LogP contribution in [0.4, 0.5) is 0 Å². The molecule has 1 saturated heterocycles. The SMILES string of the molecule is CN1CCC(C)(C)CC1CO. The van der Waals surface area contributed by atoms with Crippen molar-refractivity contribution in [2.45, 2.75) is 32.7 Å². The van der Waals surface area contributed by atoms with Crippen LogP contribution in [-0.2, 0) is 0 Å². The maximum atomic E-state index is 9.05. The fraction of sp³-hybridized carbons (Fsp3) is 1.00. The molecule has 1 fully saturated rings. The Morgan fingerprint density at radius 3 is 2.64 bits per heavy atom. The van der Waals surface area contributed by atoms with Gasteiger partial charge in [0, 0.05) is 6.04 Å². The summed E-state index contributed by atoms with van der Waals surface area (Å²) >= 11 is 0. The van der Waals surface area contributed by atoms with Crippen molar-refractivity contribution in [1.29, 1.82) is 0 Å². The van der Waals surface area contributed by atoms with Gasteiger partial charge in [-0.15, -0.1) is 0 Å². The van der Waals surface area contributed by atoms with Crippen molar-refractivity contribution in [3.63, 3.8) is 0 Å². The average Bonchev–Trinajstić information content (AvgIpc) is 1.94. The predicted octanol–water partition coefficient (Wildman–Crippen LogP) is 1.10. The Labute approximate surface area is 69.2 Å². The first kappa shape index (κ1) is 9.01. The Balaban J connectivity index is 2.51. The predicted molar refractivity (Wildman–Crippen MR) is 46.5 cm³/mol. The third kappa shape index (κ3) is 2.17. The van der Waals surface area contributed by atoms with E-state index in [2.05, 4.69) is 25.8 Å². The maximum Gasteiger partial charge on any atom is 0.0586 e. The number of aliphatic hydroxyl groups excluding tert-OH is 1. The van der Waals surface area contributed by atoms with Crippen LogP contribution in [0.1, 0.15) is 26.7 Å². The van der Waals surface area contributed by atoms with Gasteiger partial charge in [0.25, 0.3) is 0 Å². The van der Waals surface area contributed by atoms with Gasteiger partial charge in [0.2, 0.25) is 0 Å². The maximum absolute atomic E-state index is 9.05. The van der Waals surface area contributed by atoms with Gasteiger partial charge in [-0.25, -0.2) is 0 Å². The number of likely N-dealkylation sites (N-methyl/N-ethyl adjacent to an activating group) is 1. The van der Waals surface area contributed by atoms with Gasteiger partial charge in [0.15, 0.2) is 0 Å². The van der Waals surface area contributed by atoms with E-state index in [1.807, 2.05) is 0 Å². The highest BCUT2D eigenvalue weighted by Gasteiger charge is 2.30. The minimum absolute atomic E-state index is 0.305. The van der Waals surface area contributed by atoms with Gasteiger partial charge < -0.3 is 10.0 Å². The zero-order valence-electron chi connectivity index (χ0n) is 7.80. The Morgan fingerprint density at radius 2 is 2.18 bits per heavy atom. The number of likely N-dealkylation sites (tertiary alicyclic amines) is 1. The van der Waals surface area contributed by atoms with Crippen LogP contribution in [0.2, 0.25) is 0 Å². The molecule has 1 aliphatic rings. The molecule has 0 aliphatic carbocycles. The molecule has 0 amide bonds. The molecule has 1 atom stereocenters. The summed E-state index contributed by atoms with van der Waals surface area (Å²) in [5, 5.41) is 9.05. The molecule has 0 spiro atoms. The highest BCUT2D eigenvalue weighted by atomic mass is 16.3. The van der Waals surface area contributed by atoms with Crippen molar-refractivity contribution in [2.75, 3.05) is 20.2 Å². The van der Waals surface area contributed by atoms with Crippen LogP contribution in [0.5, 0.6) is 0 Å². The van der Waals surface area contributed by atoms with Gasteiger partial charge >= 0.3 is 0 Å². The molecular formula is C9H19NO. The van der Waals surface area contributed by atoms with Gasteiger partial charge in [-0.2, -0.15) is 0 Å². The lowest BCUT2D eigenvalue weighted by atomic mass is 9.79. The lowest BCUT2D eigenvalue weighted by Gasteiger charge is -2.40. The summed E-state index contributed by atoms with van der Waals surface area (Å²) in [6, 6.07) is 0.388. The zero-order valence-corrected chi connectivity index (χ0v) is 7.80. The highest BCUT2D eigenvalue weighted by Crippen LogP contribution is 2.32. The van der Waals surface area contributed by atoms with Crippen molar-refractivity contribution >= 4 is 0 Å². The van der Waals surface area contributed by atoms with E-state index in [0.717, 1.165) is 13.0 Å². The molecule has 0 bridgehead atoms. The summed E-state index contributed by atoms with van der Waals surface area (Å²) in [4.78, 5) is 2.26.